The third-order valence-electron chi connectivity index (χ3n) is 3.19. The summed E-state index contributed by atoms with van der Waals surface area (Å²) in [5, 5.41) is 0.634. The molecule has 1 aromatic heterocycles. The lowest BCUT2D eigenvalue weighted by Gasteiger charge is -2.15. The van der Waals surface area contributed by atoms with Crippen LogP contribution in [0.5, 0.6) is 0 Å². The minimum absolute atomic E-state index is 0.227. The predicted molar refractivity (Wildman–Crippen MR) is 84.1 cm³/mol. The smallest absolute Gasteiger partial charge is 0.320 e. The van der Waals surface area contributed by atoms with E-state index in [9.17, 15) is 4.79 Å². The molecule has 3 aromatic rings. The average Bonchev–Trinajstić information content (AvgIpc) is 2.79. The Morgan fingerprint density at radius 3 is 2.65 bits per heavy atom. The molecule has 0 spiro atoms. The highest BCUT2D eigenvalue weighted by atomic mass is 79.9. The summed E-state index contributed by atoms with van der Waals surface area (Å²) in [5.41, 5.74) is 9.36. The molecule has 0 saturated carbocycles. The van der Waals surface area contributed by atoms with Crippen molar-refractivity contribution in [3.63, 3.8) is 0 Å². The number of halogens is 2. The van der Waals surface area contributed by atoms with E-state index in [0.29, 0.717) is 5.02 Å². The fourth-order valence-corrected chi connectivity index (χ4v) is 2.85. The van der Waals surface area contributed by atoms with Crippen molar-refractivity contribution in [2.45, 2.75) is 6.04 Å². The van der Waals surface area contributed by atoms with Crippen LogP contribution < -0.4 is 11.4 Å². The predicted octanol–water partition coefficient (Wildman–Crippen LogP) is 3.32. The van der Waals surface area contributed by atoms with Crippen molar-refractivity contribution in [3.8, 4) is 0 Å². The van der Waals surface area contributed by atoms with E-state index in [0.717, 1.165) is 26.6 Å². The van der Waals surface area contributed by atoms with Crippen LogP contribution in [-0.2, 0) is 0 Å². The first-order valence-corrected chi connectivity index (χ1v) is 7.14. The molecular weight excluding hydrogens is 342 g/mol. The summed E-state index contributed by atoms with van der Waals surface area (Å²) in [6.07, 6.45) is 0. The van der Waals surface area contributed by atoms with Crippen molar-refractivity contribution in [1.82, 2.24) is 9.97 Å². The van der Waals surface area contributed by atoms with Crippen molar-refractivity contribution in [1.29, 1.82) is 0 Å². The van der Waals surface area contributed by atoms with Gasteiger partial charge in [0.15, 0.2) is 0 Å². The molecule has 0 amide bonds. The van der Waals surface area contributed by atoms with Crippen LogP contribution in [0.4, 0.5) is 0 Å². The Labute approximate surface area is 128 Å². The molecule has 1 unspecified atom stereocenters. The van der Waals surface area contributed by atoms with Crippen molar-refractivity contribution in [2.24, 2.45) is 5.73 Å². The van der Waals surface area contributed by atoms with Crippen LogP contribution >= 0.6 is 27.5 Å². The molecule has 1 heterocycles. The quantitative estimate of drug-likeness (QED) is 0.662. The number of nitrogens with two attached hydrogens (primary N) is 1. The molecule has 20 heavy (non-hydrogen) atoms. The van der Waals surface area contributed by atoms with Gasteiger partial charge in [-0.15, -0.1) is 0 Å². The number of imidazole rings is 1. The minimum Gasteiger partial charge on any atom is -0.320 e. The van der Waals surface area contributed by atoms with E-state index in [1.165, 1.54) is 0 Å². The molecule has 4 nitrogen and oxygen atoms in total. The lowest BCUT2D eigenvalue weighted by atomic mass is 9.99. The summed E-state index contributed by atoms with van der Waals surface area (Å²) < 4.78 is 0.900. The number of fused-ring (bicyclic) bond motifs is 1. The second-order valence-corrected chi connectivity index (χ2v) is 5.82. The molecule has 0 radical (unpaired) electrons. The maximum absolute atomic E-state index is 11.3. The highest BCUT2D eigenvalue weighted by Crippen LogP contribution is 2.30. The van der Waals surface area contributed by atoms with Crippen LogP contribution in [0.1, 0.15) is 17.2 Å². The van der Waals surface area contributed by atoms with Gasteiger partial charge in [0.25, 0.3) is 0 Å². The largest absolute Gasteiger partial charge is 0.323 e. The molecule has 2 aromatic carbocycles. The minimum atomic E-state index is -0.328. The van der Waals surface area contributed by atoms with E-state index in [1.54, 1.807) is 6.07 Å². The fourth-order valence-electron chi connectivity index (χ4n) is 2.18. The van der Waals surface area contributed by atoms with Crippen molar-refractivity contribution in [2.75, 3.05) is 0 Å². The first kappa shape index (κ1) is 13.4. The van der Waals surface area contributed by atoms with Gasteiger partial charge in [-0.05, 0) is 41.5 Å². The summed E-state index contributed by atoms with van der Waals surface area (Å²) in [6.45, 7) is 0. The monoisotopic (exact) mass is 351 g/mol. The number of nitrogens with one attached hydrogen (secondary N) is 2. The Morgan fingerprint density at radius 2 is 1.85 bits per heavy atom. The molecule has 3 rings (SSSR count). The maximum Gasteiger partial charge on any atom is 0.323 e. The third-order valence-corrected chi connectivity index (χ3v) is 4.15. The molecule has 0 fully saturated rings. The van der Waals surface area contributed by atoms with Gasteiger partial charge in [0.2, 0.25) is 0 Å². The normalized spacial score (nSPS) is 12.8. The van der Waals surface area contributed by atoms with Crippen LogP contribution in [0.2, 0.25) is 5.02 Å². The summed E-state index contributed by atoms with van der Waals surface area (Å²) in [4.78, 5) is 16.7. The number of aromatic amines is 2. The Hall–Kier alpha value is -1.56. The molecule has 0 aliphatic carbocycles. The van der Waals surface area contributed by atoms with E-state index >= 15 is 0 Å². The molecular formula is C14H11BrClN3O. The van der Waals surface area contributed by atoms with Gasteiger partial charge in [-0.25, -0.2) is 4.79 Å². The van der Waals surface area contributed by atoms with Gasteiger partial charge in [0.05, 0.1) is 17.1 Å². The van der Waals surface area contributed by atoms with E-state index in [4.69, 9.17) is 17.3 Å². The second-order valence-electron chi connectivity index (χ2n) is 4.53. The second kappa shape index (κ2) is 5.09. The van der Waals surface area contributed by atoms with Crippen molar-refractivity contribution < 1.29 is 0 Å². The molecule has 1 atom stereocenters. The summed E-state index contributed by atoms with van der Waals surface area (Å²) >= 11 is 9.50. The first-order valence-electron chi connectivity index (χ1n) is 5.97. The van der Waals surface area contributed by atoms with Crippen LogP contribution in [0.15, 0.2) is 45.7 Å². The average molecular weight is 353 g/mol. The van der Waals surface area contributed by atoms with Gasteiger partial charge in [-0.1, -0.05) is 33.6 Å². The molecule has 4 N–H and O–H groups in total. The van der Waals surface area contributed by atoms with E-state index in [1.807, 2.05) is 30.3 Å². The number of rotatable bonds is 2. The highest BCUT2D eigenvalue weighted by Gasteiger charge is 2.14. The number of aromatic nitrogens is 2. The van der Waals surface area contributed by atoms with Gasteiger partial charge >= 0.3 is 5.69 Å². The van der Waals surface area contributed by atoms with Crippen molar-refractivity contribution in [3.05, 3.63) is 67.5 Å². The van der Waals surface area contributed by atoms with Crippen LogP contribution in [0.25, 0.3) is 11.0 Å². The Bertz CT molecular complexity index is 840. The highest BCUT2D eigenvalue weighted by molar-refractivity contribution is 9.10. The number of benzene rings is 2. The zero-order chi connectivity index (χ0) is 14.3. The van der Waals surface area contributed by atoms with E-state index in [2.05, 4.69) is 25.9 Å². The van der Waals surface area contributed by atoms with Crippen molar-refractivity contribution >= 4 is 38.6 Å². The number of hydrogen-bond donors (Lipinski definition) is 3. The number of H-pyrrole nitrogens is 2. The van der Waals surface area contributed by atoms with E-state index in [-0.39, 0.29) is 11.7 Å². The SMILES string of the molecule is NC(c1ccc2[nH]c(=O)[nH]c2c1)c1cc(Cl)ccc1Br. The summed E-state index contributed by atoms with van der Waals surface area (Å²) in [7, 11) is 0. The van der Waals surface area contributed by atoms with Crippen LogP contribution in [-0.4, -0.2) is 9.97 Å². The summed E-state index contributed by atoms with van der Waals surface area (Å²) in [6, 6.07) is 10.8. The third kappa shape index (κ3) is 2.40. The molecule has 0 aliphatic heterocycles. The molecule has 0 aliphatic rings. The Morgan fingerprint density at radius 1 is 1.10 bits per heavy atom. The van der Waals surface area contributed by atoms with Gasteiger partial charge in [0, 0.05) is 9.50 Å². The Kier molecular flexibility index (Phi) is 3.41. The zero-order valence-electron chi connectivity index (χ0n) is 10.3. The fraction of sp³-hybridized carbons (Fsp3) is 0.0714. The lowest BCUT2D eigenvalue weighted by Crippen LogP contribution is -2.12. The molecule has 0 saturated heterocycles. The number of hydrogen-bond acceptors (Lipinski definition) is 2. The lowest BCUT2D eigenvalue weighted by molar-refractivity contribution is 0.867. The molecule has 0 bridgehead atoms. The van der Waals surface area contributed by atoms with Gasteiger partial charge in [-0.3, -0.25) is 0 Å². The van der Waals surface area contributed by atoms with E-state index < -0.39 is 0 Å². The van der Waals surface area contributed by atoms with Gasteiger partial charge in [-0.2, -0.15) is 0 Å². The standard InChI is InChI=1S/C14H11BrClN3O/c15-10-3-2-8(16)6-9(10)13(17)7-1-4-11-12(5-7)19-14(20)18-11/h1-6,13H,17H2,(H2,18,19,20). The maximum atomic E-state index is 11.3. The topological polar surface area (TPSA) is 74.7 Å². The van der Waals surface area contributed by atoms with Gasteiger partial charge in [0.1, 0.15) is 0 Å². The first-order chi connectivity index (χ1) is 9.54. The summed E-state index contributed by atoms with van der Waals surface area (Å²) in [5.74, 6) is 0. The van der Waals surface area contributed by atoms with Crippen LogP contribution in [0.3, 0.4) is 0 Å². The molecule has 102 valence electrons. The van der Waals surface area contributed by atoms with Crippen LogP contribution in [0, 0.1) is 0 Å². The Balaban J connectivity index is 2.09. The zero-order valence-corrected chi connectivity index (χ0v) is 12.6. The van der Waals surface area contributed by atoms with Gasteiger partial charge < -0.3 is 15.7 Å². The molecule has 6 heteroatoms.